The molecule has 0 spiro atoms. The molecule has 0 bridgehead atoms. The lowest BCUT2D eigenvalue weighted by molar-refractivity contribution is -0.139. The van der Waals surface area contributed by atoms with E-state index in [2.05, 4.69) is 15.9 Å². The van der Waals surface area contributed by atoms with Gasteiger partial charge in [0.25, 0.3) is 0 Å². The lowest BCUT2D eigenvalue weighted by atomic mass is 10.1. The first-order chi connectivity index (χ1) is 8.50. The molecular weight excluding hydrogens is 302 g/mol. The zero-order valence-electron chi connectivity index (χ0n) is 9.72. The van der Waals surface area contributed by atoms with Crippen molar-refractivity contribution in [2.75, 3.05) is 11.5 Å². The van der Waals surface area contributed by atoms with Crippen LogP contribution in [0, 0.1) is 6.92 Å². The Morgan fingerprint density at radius 3 is 2.89 bits per heavy atom. The largest absolute Gasteiger partial charge is 0.480 e. The van der Waals surface area contributed by atoms with Crippen LogP contribution in [0.4, 0.5) is 10.5 Å². The lowest BCUT2D eigenvalue weighted by Gasteiger charge is -2.33. The third-order valence-corrected chi connectivity index (χ3v) is 3.32. The van der Waals surface area contributed by atoms with Crippen LogP contribution < -0.4 is 4.90 Å². The molecule has 1 aromatic carbocycles. The minimum atomic E-state index is -1.02. The second kappa shape index (κ2) is 4.97. The Labute approximate surface area is 112 Å². The van der Waals surface area contributed by atoms with Crippen molar-refractivity contribution in [3.05, 3.63) is 28.2 Å². The minimum absolute atomic E-state index is 0.141. The maximum absolute atomic E-state index is 11.8. The Bertz CT molecular complexity index is 503. The summed E-state index contributed by atoms with van der Waals surface area (Å²) in [4.78, 5) is 24.2. The predicted molar refractivity (Wildman–Crippen MR) is 68.7 cm³/mol. The number of carboxylic acid groups (broad SMARTS) is 1. The normalized spacial score (nSPS) is 19.6. The summed E-state index contributed by atoms with van der Waals surface area (Å²) in [6.07, 6.45) is -0.324. The summed E-state index contributed by atoms with van der Waals surface area (Å²) in [6.45, 7) is 1.96. The van der Waals surface area contributed by atoms with E-state index in [-0.39, 0.29) is 13.0 Å². The standard InChI is InChI=1S/C12H12BrNO4/c1-7-6-8(13)2-3-9(7)14-10(11(15)16)4-5-18-12(14)17/h2-3,6,10H,4-5H2,1H3,(H,15,16). The molecule has 1 N–H and O–H groups in total. The van der Waals surface area contributed by atoms with E-state index in [4.69, 9.17) is 4.74 Å². The van der Waals surface area contributed by atoms with E-state index < -0.39 is 18.1 Å². The number of carboxylic acids is 1. The van der Waals surface area contributed by atoms with Crippen LogP contribution in [-0.4, -0.2) is 29.8 Å². The maximum atomic E-state index is 11.8. The number of ether oxygens (including phenoxy) is 1. The number of carbonyl (C=O) groups is 2. The van der Waals surface area contributed by atoms with Crippen LogP contribution >= 0.6 is 15.9 Å². The Morgan fingerprint density at radius 2 is 2.28 bits per heavy atom. The third-order valence-electron chi connectivity index (χ3n) is 2.83. The van der Waals surface area contributed by atoms with Crippen molar-refractivity contribution in [3.8, 4) is 0 Å². The van der Waals surface area contributed by atoms with Gasteiger partial charge in [0.1, 0.15) is 6.04 Å². The van der Waals surface area contributed by atoms with Gasteiger partial charge in [-0.1, -0.05) is 15.9 Å². The Kier molecular flexibility index (Phi) is 3.56. The topological polar surface area (TPSA) is 66.8 Å². The average molecular weight is 314 g/mol. The van der Waals surface area contributed by atoms with Crippen molar-refractivity contribution in [2.24, 2.45) is 0 Å². The summed E-state index contributed by atoms with van der Waals surface area (Å²) in [5.41, 5.74) is 1.38. The fraction of sp³-hybridized carbons (Fsp3) is 0.333. The number of benzene rings is 1. The number of cyclic esters (lactones) is 1. The fourth-order valence-electron chi connectivity index (χ4n) is 1.97. The first kappa shape index (κ1) is 12.9. The average Bonchev–Trinajstić information content (AvgIpc) is 2.29. The second-order valence-corrected chi connectivity index (χ2v) is 4.97. The number of nitrogens with zero attached hydrogens (tertiary/aromatic N) is 1. The lowest BCUT2D eigenvalue weighted by Crippen LogP contribution is -2.50. The minimum Gasteiger partial charge on any atom is -0.480 e. The van der Waals surface area contributed by atoms with E-state index in [1.165, 1.54) is 4.90 Å². The van der Waals surface area contributed by atoms with Crippen molar-refractivity contribution in [1.82, 2.24) is 0 Å². The number of anilines is 1. The van der Waals surface area contributed by atoms with Gasteiger partial charge in [0.15, 0.2) is 0 Å². The first-order valence-electron chi connectivity index (χ1n) is 5.45. The highest BCUT2D eigenvalue weighted by Crippen LogP contribution is 2.29. The molecule has 6 heteroatoms. The molecule has 0 aromatic heterocycles. The highest BCUT2D eigenvalue weighted by atomic mass is 79.9. The molecule has 1 fully saturated rings. The van der Waals surface area contributed by atoms with E-state index in [1.54, 1.807) is 12.1 Å². The summed E-state index contributed by atoms with van der Waals surface area (Å²) in [6, 6.07) is 4.44. The van der Waals surface area contributed by atoms with Gasteiger partial charge in [-0.2, -0.15) is 0 Å². The molecule has 0 radical (unpaired) electrons. The predicted octanol–water partition coefficient (Wildman–Crippen LogP) is 2.56. The maximum Gasteiger partial charge on any atom is 0.415 e. The van der Waals surface area contributed by atoms with Gasteiger partial charge in [-0.25, -0.2) is 9.59 Å². The van der Waals surface area contributed by atoms with Crippen molar-refractivity contribution >= 4 is 33.7 Å². The number of halogens is 1. The molecule has 0 saturated carbocycles. The fourth-order valence-corrected chi connectivity index (χ4v) is 2.45. The van der Waals surface area contributed by atoms with Gasteiger partial charge in [-0.15, -0.1) is 0 Å². The number of carbonyl (C=O) groups excluding carboxylic acids is 1. The SMILES string of the molecule is Cc1cc(Br)ccc1N1C(=O)OCCC1C(=O)O. The van der Waals surface area contributed by atoms with E-state index in [1.807, 2.05) is 13.0 Å². The van der Waals surface area contributed by atoms with Crippen molar-refractivity contribution < 1.29 is 19.4 Å². The monoisotopic (exact) mass is 313 g/mol. The summed E-state index contributed by atoms with van der Waals surface area (Å²) in [5.74, 6) is -1.02. The first-order valence-corrected chi connectivity index (χ1v) is 6.25. The van der Waals surface area contributed by atoms with Gasteiger partial charge in [0, 0.05) is 10.9 Å². The molecule has 5 nitrogen and oxygen atoms in total. The number of rotatable bonds is 2. The molecule has 0 aliphatic carbocycles. The third kappa shape index (κ3) is 2.33. The molecule has 1 saturated heterocycles. The molecule has 1 amide bonds. The summed E-state index contributed by atoms with van der Waals surface area (Å²) >= 11 is 3.33. The van der Waals surface area contributed by atoms with Gasteiger partial charge in [-0.05, 0) is 30.7 Å². The van der Waals surface area contributed by atoms with E-state index in [0.29, 0.717) is 5.69 Å². The molecular formula is C12H12BrNO4. The van der Waals surface area contributed by atoms with E-state index in [9.17, 15) is 14.7 Å². The molecule has 96 valence electrons. The van der Waals surface area contributed by atoms with Gasteiger partial charge >= 0.3 is 12.1 Å². The molecule has 1 aliphatic rings. The Hall–Kier alpha value is -1.56. The number of aryl methyl sites for hydroxylation is 1. The molecule has 1 aliphatic heterocycles. The number of hydrogen-bond donors (Lipinski definition) is 1. The van der Waals surface area contributed by atoms with Crippen LogP contribution in [-0.2, 0) is 9.53 Å². The molecule has 1 aromatic rings. The summed E-state index contributed by atoms with van der Waals surface area (Å²) in [7, 11) is 0. The second-order valence-electron chi connectivity index (χ2n) is 4.06. The molecule has 1 heterocycles. The smallest absolute Gasteiger partial charge is 0.415 e. The van der Waals surface area contributed by atoms with Crippen LogP contribution in [0.2, 0.25) is 0 Å². The Balaban J connectivity index is 2.43. The summed E-state index contributed by atoms with van der Waals surface area (Å²) < 4.78 is 5.80. The molecule has 1 unspecified atom stereocenters. The molecule has 2 rings (SSSR count). The van der Waals surface area contributed by atoms with Crippen molar-refractivity contribution in [2.45, 2.75) is 19.4 Å². The van der Waals surface area contributed by atoms with Gasteiger partial charge in [-0.3, -0.25) is 4.90 Å². The number of aliphatic carboxylic acids is 1. The van der Waals surface area contributed by atoms with Crippen LogP contribution in [0.5, 0.6) is 0 Å². The summed E-state index contributed by atoms with van der Waals surface area (Å²) in [5, 5.41) is 9.17. The quantitative estimate of drug-likeness (QED) is 0.911. The van der Waals surface area contributed by atoms with Crippen LogP contribution in [0.3, 0.4) is 0 Å². The van der Waals surface area contributed by atoms with Crippen LogP contribution in [0.15, 0.2) is 22.7 Å². The van der Waals surface area contributed by atoms with Crippen molar-refractivity contribution in [1.29, 1.82) is 0 Å². The van der Waals surface area contributed by atoms with Crippen LogP contribution in [0.25, 0.3) is 0 Å². The van der Waals surface area contributed by atoms with Gasteiger partial charge in [0.05, 0.1) is 12.3 Å². The number of amides is 1. The van der Waals surface area contributed by atoms with Crippen LogP contribution in [0.1, 0.15) is 12.0 Å². The molecule has 1 atom stereocenters. The zero-order chi connectivity index (χ0) is 13.3. The number of hydrogen-bond acceptors (Lipinski definition) is 3. The van der Waals surface area contributed by atoms with Gasteiger partial charge in [0.2, 0.25) is 0 Å². The van der Waals surface area contributed by atoms with E-state index >= 15 is 0 Å². The van der Waals surface area contributed by atoms with Crippen molar-refractivity contribution in [3.63, 3.8) is 0 Å². The highest BCUT2D eigenvalue weighted by Gasteiger charge is 2.36. The Morgan fingerprint density at radius 1 is 1.56 bits per heavy atom. The van der Waals surface area contributed by atoms with E-state index in [0.717, 1.165) is 10.0 Å². The van der Waals surface area contributed by atoms with Gasteiger partial charge < -0.3 is 9.84 Å². The zero-order valence-corrected chi connectivity index (χ0v) is 11.3. The molecule has 18 heavy (non-hydrogen) atoms. The highest BCUT2D eigenvalue weighted by molar-refractivity contribution is 9.10.